The molecule has 0 aromatic heterocycles. The van der Waals surface area contributed by atoms with Gasteiger partial charge in [-0.3, -0.25) is 9.59 Å². The van der Waals surface area contributed by atoms with E-state index in [1.807, 2.05) is 12.1 Å². The molecule has 0 heterocycles. The molecule has 0 unspecified atom stereocenters. The first-order valence-corrected chi connectivity index (χ1v) is 9.37. The minimum absolute atomic E-state index is 0.0118. The number of hydrogen-bond acceptors (Lipinski definition) is 2. The third-order valence-corrected chi connectivity index (χ3v) is 8.34. The smallest absolute Gasteiger partial charge is 0.165 e. The summed E-state index contributed by atoms with van der Waals surface area (Å²) in [5.41, 5.74) is 0.764. The van der Waals surface area contributed by atoms with Gasteiger partial charge in [-0.05, 0) is 12.0 Å². The minimum atomic E-state index is -1.64. The molecule has 94 valence electrons. The van der Waals surface area contributed by atoms with E-state index in [1.165, 1.54) is 5.19 Å². The molecule has 0 saturated heterocycles. The quantitative estimate of drug-likeness (QED) is 0.474. The first-order valence-electron chi connectivity index (χ1n) is 6.29. The highest BCUT2D eigenvalue weighted by atomic mass is 28.3. The summed E-state index contributed by atoms with van der Waals surface area (Å²) in [6, 6.07) is 10.5. The van der Waals surface area contributed by atoms with Gasteiger partial charge in [-0.1, -0.05) is 54.7 Å². The lowest BCUT2D eigenvalue weighted by Gasteiger charge is -2.34. The van der Waals surface area contributed by atoms with Gasteiger partial charge in [0.25, 0.3) is 0 Å². The molecule has 2 rings (SSSR count). The lowest BCUT2D eigenvalue weighted by atomic mass is 9.99. The standard InChI is InChI=1S/C15H18O2Si/c1-18(2,13-6-4-3-5-7-13)14-9-8-12(11-16)15(17)10-14/h3-8,11,14H,9-10H2,1-2H3/t14-/m1/s1. The van der Waals surface area contributed by atoms with Gasteiger partial charge < -0.3 is 0 Å². The largest absolute Gasteiger partial charge is 0.298 e. The SMILES string of the molecule is C[Si](C)(c1ccccc1)[C@@H]1CC=C(C=O)C(=O)C1. The molecule has 0 spiro atoms. The Bertz CT molecular complexity index is 488. The fourth-order valence-corrected chi connectivity index (χ4v) is 5.50. The average molecular weight is 258 g/mol. The van der Waals surface area contributed by atoms with Gasteiger partial charge >= 0.3 is 0 Å². The van der Waals surface area contributed by atoms with Crippen LogP contribution in [-0.2, 0) is 9.59 Å². The number of hydrogen-bond donors (Lipinski definition) is 0. The molecule has 18 heavy (non-hydrogen) atoms. The maximum absolute atomic E-state index is 11.8. The molecule has 1 aliphatic rings. The number of allylic oxidation sites excluding steroid dienone is 2. The Balaban J connectivity index is 2.25. The van der Waals surface area contributed by atoms with E-state index >= 15 is 0 Å². The summed E-state index contributed by atoms with van der Waals surface area (Å²) in [5, 5.41) is 1.38. The number of rotatable bonds is 3. The molecule has 0 aliphatic heterocycles. The van der Waals surface area contributed by atoms with Crippen LogP contribution in [-0.4, -0.2) is 20.1 Å². The third kappa shape index (κ3) is 2.36. The molecule has 1 aliphatic carbocycles. The van der Waals surface area contributed by atoms with Crippen LogP contribution in [0.15, 0.2) is 42.0 Å². The van der Waals surface area contributed by atoms with E-state index in [4.69, 9.17) is 0 Å². The fraction of sp³-hybridized carbons (Fsp3) is 0.333. The number of aldehydes is 1. The van der Waals surface area contributed by atoms with Crippen molar-refractivity contribution in [1.82, 2.24) is 0 Å². The topological polar surface area (TPSA) is 34.1 Å². The molecule has 0 bridgehead atoms. The fourth-order valence-electron chi connectivity index (χ4n) is 2.58. The molecule has 2 nitrogen and oxygen atoms in total. The third-order valence-electron chi connectivity index (χ3n) is 4.04. The number of carbonyl (C=O) groups is 2. The van der Waals surface area contributed by atoms with Crippen LogP contribution in [0.25, 0.3) is 0 Å². The highest BCUT2D eigenvalue weighted by Gasteiger charge is 2.36. The summed E-state index contributed by atoms with van der Waals surface area (Å²) in [4.78, 5) is 22.6. The van der Waals surface area contributed by atoms with Gasteiger partial charge in [0.05, 0.1) is 13.6 Å². The lowest BCUT2D eigenvalue weighted by molar-refractivity contribution is -0.118. The molecular weight excluding hydrogens is 240 g/mol. The molecule has 1 aromatic rings. The molecule has 0 saturated carbocycles. The Morgan fingerprint density at radius 2 is 1.89 bits per heavy atom. The first kappa shape index (κ1) is 13.0. The molecule has 0 radical (unpaired) electrons. The van der Waals surface area contributed by atoms with Crippen molar-refractivity contribution in [2.45, 2.75) is 31.5 Å². The van der Waals surface area contributed by atoms with Crippen molar-refractivity contribution < 1.29 is 9.59 Å². The monoisotopic (exact) mass is 258 g/mol. The number of Topliss-reactive ketones (excluding diaryl/α,β-unsaturated/α-hetero) is 1. The Kier molecular flexibility index (Phi) is 3.62. The van der Waals surface area contributed by atoms with E-state index in [0.29, 0.717) is 23.8 Å². The summed E-state index contributed by atoms with van der Waals surface area (Å²) in [6.45, 7) is 4.61. The Morgan fingerprint density at radius 3 is 2.44 bits per heavy atom. The van der Waals surface area contributed by atoms with Gasteiger partial charge in [0.2, 0.25) is 0 Å². The van der Waals surface area contributed by atoms with E-state index in [9.17, 15) is 9.59 Å². The lowest BCUT2D eigenvalue weighted by Crippen LogP contribution is -2.47. The van der Waals surface area contributed by atoms with Gasteiger partial charge in [0.1, 0.15) is 0 Å². The van der Waals surface area contributed by atoms with E-state index in [-0.39, 0.29) is 5.78 Å². The van der Waals surface area contributed by atoms with Crippen LogP contribution < -0.4 is 5.19 Å². The van der Waals surface area contributed by atoms with Gasteiger partial charge in [-0.15, -0.1) is 0 Å². The van der Waals surface area contributed by atoms with Crippen LogP contribution in [0.2, 0.25) is 18.6 Å². The maximum atomic E-state index is 11.8. The van der Waals surface area contributed by atoms with Crippen LogP contribution in [0.3, 0.4) is 0 Å². The van der Waals surface area contributed by atoms with Crippen molar-refractivity contribution in [3.63, 3.8) is 0 Å². The summed E-state index contributed by atoms with van der Waals surface area (Å²) in [7, 11) is -1.64. The average Bonchev–Trinajstić information content (AvgIpc) is 2.39. The second-order valence-electron chi connectivity index (χ2n) is 5.42. The molecule has 0 fully saturated rings. The number of carbonyl (C=O) groups excluding carboxylic acids is 2. The van der Waals surface area contributed by atoms with Crippen LogP contribution in [0.4, 0.5) is 0 Å². The molecule has 1 atom stereocenters. The van der Waals surface area contributed by atoms with Crippen LogP contribution in [0.5, 0.6) is 0 Å². The van der Waals surface area contributed by atoms with Gasteiger partial charge in [0.15, 0.2) is 12.1 Å². The minimum Gasteiger partial charge on any atom is -0.298 e. The Labute approximate surface area is 109 Å². The molecule has 0 N–H and O–H groups in total. The predicted molar refractivity (Wildman–Crippen MR) is 75.7 cm³/mol. The van der Waals surface area contributed by atoms with Crippen molar-refractivity contribution >= 4 is 25.3 Å². The van der Waals surface area contributed by atoms with Crippen molar-refractivity contribution in [3.05, 3.63) is 42.0 Å². The Hall–Kier alpha value is -1.48. The zero-order chi connectivity index (χ0) is 13.2. The van der Waals surface area contributed by atoms with E-state index < -0.39 is 8.07 Å². The van der Waals surface area contributed by atoms with Crippen LogP contribution in [0.1, 0.15) is 12.8 Å². The zero-order valence-electron chi connectivity index (χ0n) is 10.8. The normalized spacial score (nSPS) is 20.4. The van der Waals surface area contributed by atoms with Crippen LogP contribution in [0, 0.1) is 0 Å². The van der Waals surface area contributed by atoms with E-state index in [1.54, 1.807) is 0 Å². The first-order chi connectivity index (χ1) is 8.55. The van der Waals surface area contributed by atoms with E-state index in [0.717, 1.165) is 6.42 Å². The van der Waals surface area contributed by atoms with Crippen molar-refractivity contribution in [2.75, 3.05) is 0 Å². The van der Waals surface area contributed by atoms with E-state index in [2.05, 4.69) is 37.4 Å². The van der Waals surface area contributed by atoms with Gasteiger partial charge in [-0.25, -0.2) is 0 Å². The molecule has 3 heteroatoms. The predicted octanol–water partition coefficient (Wildman–Crippen LogP) is 2.46. The highest BCUT2D eigenvalue weighted by Crippen LogP contribution is 2.34. The van der Waals surface area contributed by atoms with Crippen molar-refractivity contribution in [1.29, 1.82) is 0 Å². The summed E-state index contributed by atoms with van der Waals surface area (Å²) in [5.74, 6) is 0.0118. The van der Waals surface area contributed by atoms with Crippen molar-refractivity contribution in [2.24, 2.45) is 0 Å². The number of ketones is 1. The van der Waals surface area contributed by atoms with Gasteiger partial charge in [-0.2, -0.15) is 0 Å². The maximum Gasteiger partial charge on any atom is 0.165 e. The van der Waals surface area contributed by atoms with Crippen molar-refractivity contribution in [3.8, 4) is 0 Å². The molecular formula is C15H18O2Si. The zero-order valence-corrected chi connectivity index (χ0v) is 11.8. The van der Waals surface area contributed by atoms with Gasteiger partial charge in [0, 0.05) is 6.42 Å². The summed E-state index contributed by atoms with van der Waals surface area (Å²) >= 11 is 0. The highest BCUT2D eigenvalue weighted by molar-refractivity contribution is 6.91. The second-order valence-corrected chi connectivity index (χ2v) is 10.3. The number of benzene rings is 1. The second kappa shape index (κ2) is 5.02. The van der Waals surface area contributed by atoms with Crippen LogP contribution >= 0.6 is 0 Å². The Morgan fingerprint density at radius 1 is 1.22 bits per heavy atom. The summed E-state index contributed by atoms with van der Waals surface area (Å²) < 4.78 is 0. The molecule has 0 amide bonds. The summed E-state index contributed by atoms with van der Waals surface area (Å²) in [6.07, 6.45) is 3.89. The molecule has 1 aromatic carbocycles.